The molecule has 36 heavy (non-hydrogen) atoms. The van der Waals surface area contributed by atoms with Gasteiger partial charge in [-0.1, -0.05) is 13.8 Å². The van der Waals surface area contributed by atoms with Crippen LogP contribution >= 0.6 is 0 Å². The average molecular weight is 514 g/mol. The highest BCUT2D eigenvalue weighted by molar-refractivity contribution is 7.91. The van der Waals surface area contributed by atoms with E-state index in [1.165, 1.54) is 0 Å². The van der Waals surface area contributed by atoms with Crippen LogP contribution in [0, 0.1) is 11.8 Å². The minimum Gasteiger partial charge on any atom is -0.319 e. The Balaban J connectivity index is 1.45. The van der Waals surface area contributed by atoms with Crippen molar-refractivity contribution in [2.24, 2.45) is 18.9 Å². The van der Waals surface area contributed by atoms with E-state index in [1.54, 1.807) is 34.5 Å². The second-order valence-corrected chi connectivity index (χ2v) is 13.3. The molecular weight excluding hydrogens is 478 g/mol. The van der Waals surface area contributed by atoms with Gasteiger partial charge in [-0.25, -0.2) is 12.9 Å². The number of rotatable bonds is 6. The maximum Gasteiger partial charge on any atom is 0.275 e. The Hall–Kier alpha value is -2.72. The number of hydrogen-bond acceptors (Lipinski definition) is 6. The van der Waals surface area contributed by atoms with E-state index in [9.17, 15) is 18.0 Å². The van der Waals surface area contributed by atoms with Crippen LogP contribution in [-0.2, 0) is 23.4 Å². The van der Waals surface area contributed by atoms with Gasteiger partial charge in [0.2, 0.25) is 0 Å². The zero-order chi connectivity index (χ0) is 25.6. The number of pyridine rings is 1. The van der Waals surface area contributed by atoms with Crippen LogP contribution in [0.4, 0.5) is 0 Å². The molecule has 0 amide bonds. The number of nitrogens with one attached hydrogen (secondary N) is 1. The molecule has 10 heteroatoms. The number of H-pyrrole nitrogens is 1. The third kappa shape index (κ3) is 5.06. The van der Waals surface area contributed by atoms with E-state index in [0.29, 0.717) is 42.6 Å². The average Bonchev–Trinajstić information content (AvgIpc) is 3.40. The lowest BCUT2D eigenvalue weighted by Crippen LogP contribution is -2.26. The molecule has 2 saturated heterocycles. The molecule has 0 radical (unpaired) electrons. The fraction of sp³-hybridized carbons (Fsp3) is 0.577. The minimum absolute atomic E-state index is 0.0194. The van der Waals surface area contributed by atoms with Gasteiger partial charge in [0.15, 0.2) is 0 Å². The van der Waals surface area contributed by atoms with Crippen molar-refractivity contribution in [2.75, 3.05) is 24.6 Å². The number of fused-ring (bicyclic) bond motifs is 1. The molecule has 9 nitrogen and oxygen atoms in total. The molecule has 0 aromatic carbocycles. The second kappa shape index (κ2) is 9.63. The summed E-state index contributed by atoms with van der Waals surface area (Å²) in [6, 6.07) is 7.38. The zero-order valence-electron chi connectivity index (χ0n) is 21.2. The predicted molar refractivity (Wildman–Crippen MR) is 139 cm³/mol. The summed E-state index contributed by atoms with van der Waals surface area (Å²) in [6.07, 6.45) is 3.93. The van der Waals surface area contributed by atoms with Crippen LogP contribution in [0.2, 0.25) is 0 Å². The molecule has 5 rings (SSSR count). The van der Waals surface area contributed by atoms with Gasteiger partial charge in [0.25, 0.3) is 11.1 Å². The fourth-order valence-electron chi connectivity index (χ4n) is 5.89. The summed E-state index contributed by atoms with van der Waals surface area (Å²) >= 11 is 0. The molecule has 5 heterocycles. The number of aromatic amines is 1. The van der Waals surface area contributed by atoms with Gasteiger partial charge in [0.05, 0.1) is 11.5 Å². The Morgan fingerprint density at radius 1 is 1.11 bits per heavy atom. The maximum absolute atomic E-state index is 13.1. The van der Waals surface area contributed by atoms with E-state index >= 15 is 0 Å². The van der Waals surface area contributed by atoms with Crippen LogP contribution in [0.15, 0.2) is 40.1 Å². The van der Waals surface area contributed by atoms with Crippen LogP contribution in [0.25, 0.3) is 5.52 Å². The molecule has 0 saturated carbocycles. The Bertz CT molecular complexity index is 1470. The quantitative estimate of drug-likeness (QED) is 0.542. The summed E-state index contributed by atoms with van der Waals surface area (Å²) in [7, 11) is -1.22. The molecule has 2 aliphatic heterocycles. The van der Waals surface area contributed by atoms with Crippen molar-refractivity contribution in [2.45, 2.75) is 51.5 Å². The first-order chi connectivity index (χ1) is 17.1. The normalized spacial score (nSPS) is 23.1. The first-order valence-corrected chi connectivity index (χ1v) is 14.6. The van der Waals surface area contributed by atoms with E-state index < -0.39 is 9.84 Å². The maximum atomic E-state index is 13.1. The lowest BCUT2D eigenvalue weighted by Gasteiger charge is -2.22. The van der Waals surface area contributed by atoms with Crippen molar-refractivity contribution in [1.29, 1.82) is 0 Å². The minimum atomic E-state index is -2.97. The summed E-state index contributed by atoms with van der Waals surface area (Å²) in [5, 5.41) is 4.95. The molecule has 3 aromatic rings. The highest BCUT2D eigenvalue weighted by Crippen LogP contribution is 2.36. The zero-order valence-corrected chi connectivity index (χ0v) is 22.0. The standard InChI is InChI=1S/C26H35N5O4S/c1-17(2)12-20-15-30(14-18-6-9-29(3)24(32)13-18)16-21(20)25-27-26(33)23-5-4-22(31(23)28-25)19-7-10-36(34,35)11-8-19/h4-6,9,13,17,19-21H,7-8,10-12,14-16H2,1-3H3,(H,27,28,33)/t20-,21-/m1/s1. The van der Waals surface area contributed by atoms with Crippen LogP contribution in [-0.4, -0.2) is 57.1 Å². The molecule has 1 N–H and O–H groups in total. The van der Waals surface area contributed by atoms with E-state index in [4.69, 9.17) is 5.10 Å². The summed E-state index contributed by atoms with van der Waals surface area (Å²) in [5.41, 5.74) is 2.22. The van der Waals surface area contributed by atoms with E-state index in [1.807, 2.05) is 12.1 Å². The van der Waals surface area contributed by atoms with Gasteiger partial charge in [-0.3, -0.25) is 14.5 Å². The van der Waals surface area contributed by atoms with Gasteiger partial charge >= 0.3 is 0 Å². The van der Waals surface area contributed by atoms with Crippen LogP contribution in [0.1, 0.15) is 62.0 Å². The van der Waals surface area contributed by atoms with E-state index in [0.717, 1.165) is 30.8 Å². The molecule has 2 atom stereocenters. The van der Waals surface area contributed by atoms with Crippen molar-refractivity contribution in [3.63, 3.8) is 0 Å². The molecule has 0 bridgehead atoms. The number of aromatic nitrogens is 4. The van der Waals surface area contributed by atoms with Crippen LogP contribution in [0.5, 0.6) is 0 Å². The Kier molecular flexibility index (Phi) is 6.67. The molecule has 194 valence electrons. The first kappa shape index (κ1) is 25.0. The summed E-state index contributed by atoms with van der Waals surface area (Å²) in [6.45, 7) is 6.72. The summed E-state index contributed by atoms with van der Waals surface area (Å²) in [4.78, 5) is 30.6. The lowest BCUT2D eigenvalue weighted by molar-refractivity contribution is 0.305. The smallest absolute Gasteiger partial charge is 0.275 e. The molecule has 0 unspecified atom stereocenters. The number of hydrogen-bond donors (Lipinski definition) is 1. The predicted octanol–water partition coefficient (Wildman–Crippen LogP) is 2.28. The molecular formula is C26H35N5O4S. The third-order valence-corrected chi connectivity index (χ3v) is 9.47. The lowest BCUT2D eigenvalue weighted by atomic mass is 9.87. The van der Waals surface area contributed by atoms with Gasteiger partial charge < -0.3 is 9.55 Å². The van der Waals surface area contributed by atoms with E-state index in [2.05, 4.69) is 23.7 Å². The molecule has 2 fully saturated rings. The van der Waals surface area contributed by atoms with Gasteiger partial charge in [0, 0.05) is 56.5 Å². The molecule has 2 aliphatic rings. The van der Waals surface area contributed by atoms with Crippen molar-refractivity contribution < 1.29 is 8.42 Å². The highest BCUT2D eigenvalue weighted by atomic mass is 32.2. The highest BCUT2D eigenvalue weighted by Gasteiger charge is 2.36. The number of sulfone groups is 1. The summed E-state index contributed by atoms with van der Waals surface area (Å²) < 4.78 is 27.2. The van der Waals surface area contributed by atoms with Gasteiger partial charge in [-0.2, -0.15) is 5.10 Å². The third-order valence-electron chi connectivity index (χ3n) is 7.76. The number of likely N-dealkylation sites (tertiary alicyclic amines) is 1. The second-order valence-electron chi connectivity index (χ2n) is 11.0. The number of nitrogens with zero attached hydrogens (tertiary/aromatic N) is 4. The Morgan fingerprint density at radius 2 is 1.86 bits per heavy atom. The largest absolute Gasteiger partial charge is 0.319 e. The molecule has 0 spiro atoms. The van der Waals surface area contributed by atoms with Crippen molar-refractivity contribution in [3.8, 4) is 0 Å². The van der Waals surface area contributed by atoms with Crippen molar-refractivity contribution in [1.82, 2.24) is 24.1 Å². The Labute approximate surface area is 211 Å². The monoisotopic (exact) mass is 513 g/mol. The Morgan fingerprint density at radius 3 is 2.56 bits per heavy atom. The van der Waals surface area contributed by atoms with Gasteiger partial charge in [-0.15, -0.1) is 0 Å². The first-order valence-electron chi connectivity index (χ1n) is 12.8. The van der Waals surface area contributed by atoms with Crippen molar-refractivity contribution >= 4 is 15.4 Å². The van der Waals surface area contributed by atoms with Crippen molar-refractivity contribution in [3.05, 3.63) is 68.3 Å². The van der Waals surface area contributed by atoms with E-state index in [-0.39, 0.29) is 34.5 Å². The number of aryl methyl sites for hydroxylation is 1. The molecule has 0 aliphatic carbocycles. The van der Waals surface area contributed by atoms with Gasteiger partial charge in [0.1, 0.15) is 21.2 Å². The summed E-state index contributed by atoms with van der Waals surface area (Å²) in [5.74, 6) is 2.02. The molecule has 3 aromatic heterocycles. The fourth-order valence-corrected chi connectivity index (χ4v) is 7.38. The SMILES string of the molecule is CC(C)C[C@@H]1CN(Cc2ccn(C)c(=O)c2)C[C@H]1c1nn2c(C3CCS(=O)(=O)CC3)ccc2c(=O)[nH]1. The topological polar surface area (TPSA) is 110 Å². The van der Waals surface area contributed by atoms with Gasteiger partial charge in [-0.05, 0) is 54.9 Å². The van der Waals surface area contributed by atoms with Crippen LogP contribution in [0.3, 0.4) is 0 Å². The van der Waals surface area contributed by atoms with Crippen LogP contribution < -0.4 is 11.1 Å².